The monoisotopic (exact) mass is 309 g/mol. The van der Waals surface area contributed by atoms with Crippen molar-refractivity contribution in [3.63, 3.8) is 0 Å². The van der Waals surface area contributed by atoms with E-state index in [1.54, 1.807) is 6.92 Å². The number of aliphatic carboxylic acids is 1. The van der Waals surface area contributed by atoms with Crippen LogP contribution in [0.15, 0.2) is 12.7 Å². The van der Waals surface area contributed by atoms with Gasteiger partial charge in [-0.1, -0.05) is 12.5 Å². The highest BCUT2D eigenvalue weighted by Crippen LogP contribution is 2.49. The first-order chi connectivity index (χ1) is 10.4. The van der Waals surface area contributed by atoms with E-state index < -0.39 is 29.4 Å². The molecular weight excluding hydrogens is 286 g/mol. The largest absolute Gasteiger partial charge is 0.481 e. The average molecular weight is 309 g/mol. The molecule has 0 spiro atoms. The van der Waals surface area contributed by atoms with E-state index >= 15 is 0 Å². The van der Waals surface area contributed by atoms with Crippen molar-refractivity contribution in [2.45, 2.75) is 32.2 Å². The molecule has 1 aliphatic carbocycles. The van der Waals surface area contributed by atoms with Crippen molar-refractivity contribution in [1.29, 1.82) is 0 Å². The fraction of sp³-hybridized carbons (Fsp3) is 0.667. The van der Waals surface area contributed by atoms with Gasteiger partial charge in [0.2, 0.25) is 5.91 Å². The normalized spacial score (nSPS) is 28.7. The molecule has 2 rings (SSSR count). The lowest BCUT2D eigenvalue weighted by Crippen LogP contribution is -2.49. The molecular formula is C15H23N3O4. The molecule has 0 radical (unpaired) electrons. The van der Waals surface area contributed by atoms with Gasteiger partial charge in [0.15, 0.2) is 0 Å². The summed E-state index contributed by atoms with van der Waals surface area (Å²) in [6.07, 6.45) is 4.00. The summed E-state index contributed by atoms with van der Waals surface area (Å²) in [5.41, 5.74) is -0.723. The molecule has 1 aliphatic heterocycles. The molecule has 1 saturated carbocycles. The predicted molar refractivity (Wildman–Crippen MR) is 80.2 cm³/mol. The van der Waals surface area contributed by atoms with Crippen LogP contribution < -0.4 is 10.6 Å². The van der Waals surface area contributed by atoms with E-state index in [-0.39, 0.29) is 12.5 Å². The van der Waals surface area contributed by atoms with E-state index in [2.05, 4.69) is 17.2 Å². The lowest BCUT2D eigenvalue weighted by atomic mass is 9.81. The average Bonchev–Trinajstić information content (AvgIpc) is 3.01. The number of nitrogens with one attached hydrogen (secondary N) is 2. The molecule has 3 N–H and O–H groups in total. The molecule has 0 aromatic carbocycles. The fourth-order valence-corrected chi connectivity index (χ4v) is 3.56. The molecule has 0 aromatic rings. The Morgan fingerprint density at radius 2 is 2.23 bits per heavy atom. The SMILES string of the molecule is C=CCNC(=O)NC(=O)C(C)N1C[C@@H]2CCC[C@@]2(C(=O)O)C1. The van der Waals surface area contributed by atoms with Gasteiger partial charge in [-0.3, -0.25) is 19.8 Å². The highest BCUT2D eigenvalue weighted by Gasteiger charge is 2.55. The van der Waals surface area contributed by atoms with E-state index in [1.165, 1.54) is 6.08 Å². The molecule has 2 aliphatic rings. The molecule has 1 heterocycles. The number of urea groups is 1. The van der Waals surface area contributed by atoms with Gasteiger partial charge in [0.05, 0.1) is 11.5 Å². The van der Waals surface area contributed by atoms with Crippen molar-refractivity contribution < 1.29 is 19.5 Å². The first kappa shape index (κ1) is 16.5. The number of fused-ring (bicyclic) bond motifs is 1. The second-order valence-electron chi connectivity index (χ2n) is 6.14. The van der Waals surface area contributed by atoms with E-state index in [0.29, 0.717) is 19.5 Å². The number of nitrogens with zero attached hydrogens (tertiary/aromatic N) is 1. The zero-order valence-corrected chi connectivity index (χ0v) is 12.8. The van der Waals surface area contributed by atoms with E-state index in [0.717, 1.165) is 12.8 Å². The molecule has 0 aromatic heterocycles. The van der Waals surface area contributed by atoms with Crippen LogP contribution in [0, 0.1) is 11.3 Å². The minimum absolute atomic E-state index is 0.0924. The van der Waals surface area contributed by atoms with Crippen LogP contribution in [-0.4, -0.2) is 53.6 Å². The Bertz CT molecular complexity index is 493. The Kier molecular flexibility index (Phi) is 4.85. The highest BCUT2D eigenvalue weighted by molar-refractivity contribution is 5.96. The number of hydrogen-bond acceptors (Lipinski definition) is 4. The Morgan fingerprint density at radius 3 is 2.82 bits per heavy atom. The van der Waals surface area contributed by atoms with Crippen molar-refractivity contribution in [3.8, 4) is 0 Å². The second-order valence-corrected chi connectivity index (χ2v) is 6.14. The third-order valence-electron chi connectivity index (χ3n) is 4.89. The van der Waals surface area contributed by atoms with Crippen molar-refractivity contribution in [1.82, 2.24) is 15.5 Å². The van der Waals surface area contributed by atoms with Crippen molar-refractivity contribution in [2.75, 3.05) is 19.6 Å². The van der Waals surface area contributed by atoms with Crippen LogP contribution in [-0.2, 0) is 9.59 Å². The first-order valence-electron chi connectivity index (χ1n) is 7.57. The molecule has 122 valence electrons. The number of carbonyl (C=O) groups is 3. The third-order valence-corrected chi connectivity index (χ3v) is 4.89. The van der Waals surface area contributed by atoms with Crippen molar-refractivity contribution in [2.24, 2.45) is 11.3 Å². The number of carboxylic acid groups (broad SMARTS) is 1. The zero-order valence-electron chi connectivity index (χ0n) is 12.8. The number of amides is 3. The number of hydrogen-bond donors (Lipinski definition) is 3. The van der Waals surface area contributed by atoms with Crippen LogP contribution in [0.1, 0.15) is 26.2 Å². The van der Waals surface area contributed by atoms with Gasteiger partial charge in [0.25, 0.3) is 0 Å². The minimum Gasteiger partial charge on any atom is -0.481 e. The second kappa shape index (κ2) is 6.48. The predicted octanol–water partition coefficient (Wildman–Crippen LogP) is 0.573. The summed E-state index contributed by atoms with van der Waals surface area (Å²) in [4.78, 5) is 37.1. The van der Waals surface area contributed by atoms with E-state index in [1.807, 2.05) is 4.90 Å². The maximum absolute atomic E-state index is 12.1. The Morgan fingerprint density at radius 1 is 1.50 bits per heavy atom. The van der Waals surface area contributed by atoms with Crippen molar-refractivity contribution >= 4 is 17.9 Å². The summed E-state index contributed by atoms with van der Waals surface area (Å²) in [6.45, 7) is 6.42. The topological polar surface area (TPSA) is 98.7 Å². The molecule has 7 heteroatoms. The van der Waals surface area contributed by atoms with Gasteiger partial charge in [-0.05, 0) is 25.7 Å². The first-order valence-corrected chi connectivity index (χ1v) is 7.57. The Balaban J connectivity index is 1.95. The standard InChI is InChI=1S/C15H23N3O4/c1-3-7-16-14(22)17-12(19)10(2)18-8-11-5-4-6-15(11,9-18)13(20)21/h3,10-11H,1,4-9H2,2H3,(H,20,21)(H2,16,17,19,22)/t10?,11-,15+/m0/s1. The number of likely N-dealkylation sites (tertiary alicyclic amines) is 1. The summed E-state index contributed by atoms with van der Waals surface area (Å²) in [6, 6.07) is -1.10. The van der Waals surface area contributed by atoms with Gasteiger partial charge >= 0.3 is 12.0 Å². The summed E-state index contributed by atoms with van der Waals surface area (Å²) >= 11 is 0. The quantitative estimate of drug-likeness (QED) is 0.645. The van der Waals surface area contributed by atoms with Crippen molar-refractivity contribution in [3.05, 3.63) is 12.7 Å². The van der Waals surface area contributed by atoms with Crippen LogP contribution in [0.2, 0.25) is 0 Å². The summed E-state index contributed by atoms with van der Waals surface area (Å²) in [5.74, 6) is -1.09. The van der Waals surface area contributed by atoms with Crippen LogP contribution in [0.3, 0.4) is 0 Å². The Labute approximate surface area is 129 Å². The van der Waals surface area contributed by atoms with Gasteiger partial charge in [0, 0.05) is 19.6 Å². The molecule has 22 heavy (non-hydrogen) atoms. The molecule has 1 saturated heterocycles. The Hall–Kier alpha value is -1.89. The number of rotatable bonds is 5. The van der Waals surface area contributed by atoms with Crippen LogP contribution in [0.25, 0.3) is 0 Å². The van der Waals surface area contributed by atoms with Gasteiger partial charge in [0.1, 0.15) is 0 Å². The molecule has 7 nitrogen and oxygen atoms in total. The summed E-state index contributed by atoms with van der Waals surface area (Å²) < 4.78 is 0. The maximum Gasteiger partial charge on any atom is 0.321 e. The van der Waals surface area contributed by atoms with Gasteiger partial charge in [-0.2, -0.15) is 0 Å². The van der Waals surface area contributed by atoms with Gasteiger partial charge < -0.3 is 10.4 Å². The fourth-order valence-electron chi connectivity index (χ4n) is 3.56. The lowest BCUT2D eigenvalue weighted by molar-refractivity contribution is -0.149. The number of carboxylic acids is 1. The highest BCUT2D eigenvalue weighted by atomic mass is 16.4. The van der Waals surface area contributed by atoms with E-state index in [4.69, 9.17) is 0 Å². The third kappa shape index (κ3) is 2.99. The summed E-state index contributed by atoms with van der Waals surface area (Å²) in [5, 5.41) is 14.3. The van der Waals surface area contributed by atoms with Gasteiger partial charge in [-0.25, -0.2) is 4.79 Å². The molecule has 0 bridgehead atoms. The maximum atomic E-state index is 12.1. The van der Waals surface area contributed by atoms with Crippen LogP contribution >= 0.6 is 0 Å². The lowest BCUT2D eigenvalue weighted by Gasteiger charge is -2.26. The van der Waals surface area contributed by atoms with Gasteiger partial charge in [-0.15, -0.1) is 6.58 Å². The zero-order chi connectivity index (χ0) is 16.3. The molecule has 1 unspecified atom stereocenters. The molecule has 2 fully saturated rings. The summed E-state index contributed by atoms with van der Waals surface area (Å²) in [7, 11) is 0. The number of carbonyl (C=O) groups excluding carboxylic acids is 2. The molecule has 3 atom stereocenters. The van der Waals surface area contributed by atoms with E-state index in [9.17, 15) is 19.5 Å². The van der Waals surface area contributed by atoms with Crippen LogP contribution in [0.5, 0.6) is 0 Å². The number of imide groups is 1. The van der Waals surface area contributed by atoms with Crippen LogP contribution in [0.4, 0.5) is 4.79 Å². The smallest absolute Gasteiger partial charge is 0.321 e. The molecule has 3 amide bonds. The minimum atomic E-state index is -0.770.